The van der Waals surface area contributed by atoms with Crippen LogP contribution in [0.2, 0.25) is 0 Å². The normalized spacial score (nSPS) is 14.3. The number of unbranched alkanes of at least 4 members (excludes halogenated alkanes) is 19. The van der Waals surface area contributed by atoms with E-state index in [0.29, 0.717) is 24.1 Å². The molecule has 0 aliphatic rings. The molecule has 2 atom stereocenters. The fraction of sp³-hybridized carbons (Fsp3) is 0.727. The molecule has 9 heteroatoms. The molecule has 0 fully saturated rings. The molecule has 0 amide bonds. The van der Waals surface area contributed by atoms with Gasteiger partial charge in [0.1, 0.15) is 19.3 Å². The third-order valence-corrected chi connectivity index (χ3v) is 11.7. The summed E-state index contributed by atoms with van der Waals surface area (Å²) in [4.78, 5) is 23.0. The summed E-state index contributed by atoms with van der Waals surface area (Å²) < 4.78 is 35.1. The van der Waals surface area contributed by atoms with Crippen molar-refractivity contribution in [2.45, 2.75) is 206 Å². The van der Waals surface area contributed by atoms with Crippen LogP contribution in [0.25, 0.3) is 0 Å². The minimum absolute atomic E-state index is 0.0784. The van der Waals surface area contributed by atoms with E-state index in [4.69, 9.17) is 18.5 Å². The molecule has 64 heavy (non-hydrogen) atoms. The molecule has 0 aromatic rings. The highest BCUT2D eigenvalue weighted by molar-refractivity contribution is 7.47. The van der Waals surface area contributed by atoms with Crippen molar-refractivity contribution in [2.24, 2.45) is 0 Å². The van der Waals surface area contributed by atoms with Gasteiger partial charge in [0, 0.05) is 13.0 Å². The van der Waals surface area contributed by atoms with Gasteiger partial charge in [-0.05, 0) is 89.9 Å². The fourth-order valence-electron chi connectivity index (χ4n) is 6.73. The molecule has 0 aliphatic heterocycles. The van der Waals surface area contributed by atoms with Gasteiger partial charge in [-0.1, -0.05) is 189 Å². The van der Waals surface area contributed by atoms with E-state index >= 15 is 0 Å². The van der Waals surface area contributed by atoms with Crippen molar-refractivity contribution in [2.75, 3.05) is 54.1 Å². The number of quaternary nitrogens is 1. The van der Waals surface area contributed by atoms with Crippen LogP contribution in [0, 0.1) is 0 Å². The summed E-state index contributed by atoms with van der Waals surface area (Å²) in [6.07, 6.45) is 63.4. The summed E-state index contributed by atoms with van der Waals surface area (Å²) in [6.45, 7) is 5.46. The lowest BCUT2D eigenvalue weighted by atomic mass is 10.1. The summed E-state index contributed by atoms with van der Waals surface area (Å²) in [6, 6.07) is 0. The first-order valence-electron chi connectivity index (χ1n) is 25.8. The second-order valence-corrected chi connectivity index (χ2v) is 19.6. The van der Waals surface area contributed by atoms with Gasteiger partial charge in [-0.2, -0.15) is 0 Å². The lowest BCUT2D eigenvalue weighted by Crippen LogP contribution is -2.37. The molecule has 0 aliphatic carbocycles. The van der Waals surface area contributed by atoms with Crippen molar-refractivity contribution in [1.82, 2.24) is 0 Å². The maximum absolute atomic E-state index is 12.8. The summed E-state index contributed by atoms with van der Waals surface area (Å²) in [7, 11) is 1.64. The maximum Gasteiger partial charge on any atom is 0.472 e. The number of nitrogens with zero attached hydrogens (tertiary/aromatic N) is 1. The highest BCUT2D eigenvalue weighted by atomic mass is 31.2. The Morgan fingerprint density at radius 3 is 1.38 bits per heavy atom. The van der Waals surface area contributed by atoms with Crippen LogP contribution in [0.5, 0.6) is 0 Å². The van der Waals surface area contributed by atoms with E-state index in [1.165, 1.54) is 96.3 Å². The first-order valence-corrected chi connectivity index (χ1v) is 27.3. The number of likely N-dealkylation sites (N-methyl/N-ethyl adjacent to an activating group) is 1. The van der Waals surface area contributed by atoms with Gasteiger partial charge in [-0.15, -0.1) is 0 Å². The number of rotatable bonds is 47. The van der Waals surface area contributed by atoms with Gasteiger partial charge in [-0.3, -0.25) is 13.8 Å². The third kappa shape index (κ3) is 50.7. The van der Waals surface area contributed by atoms with Gasteiger partial charge in [0.05, 0.1) is 34.4 Å². The van der Waals surface area contributed by atoms with Gasteiger partial charge in [0.15, 0.2) is 0 Å². The zero-order valence-corrected chi connectivity index (χ0v) is 42.9. The lowest BCUT2D eigenvalue weighted by Gasteiger charge is -2.24. The molecule has 0 saturated carbocycles. The Kier molecular flexibility index (Phi) is 45.5. The zero-order valence-electron chi connectivity index (χ0n) is 42.0. The molecular formula is C55H99NO7P+. The fourth-order valence-corrected chi connectivity index (χ4v) is 7.47. The van der Waals surface area contributed by atoms with Gasteiger partial charge in [0.2, 0.25) is 0 Å². The SMILES string of the molecule is CC/C=C\C/C=C\C/C=C\C/C=C\C/C=C\C/C=C\CCCCCCC(=O)OC(COCCCCCCCCCC/C=C\CCCCCCCCC)COP(=O)(O)OCC[N+](C)(C)C. The summed E-state index contributed by atoms with van der Waals surface area (Å²) in [5, 5.41) is 0. The van der Waals surface area contributed by atoms with Gasteiger partial charge in [0.25, 0.3) is 0 Å². The van der Waals surface area contributed by atoms with E-state index in [-0.39, 0.29) is 25.8 Å². The molecule has 0 bridgehead atoms. The molecular weight excluding hydrogens is 818 g/mol. The number of allylic oxidation sites excluding steroid dienone is 14. The predicted octanol–water partition coefficient (Wildman–Crippen LogP) is 16.0. The number of carbonyl (C=O) groups excluding carboxylic acids is 1. The summed E-state index contributed by atoms with van der Waals surface area (Å²) >= 11 is 0. The molecule has 0 rings (SSSR count). The average Bonchev–Trinajstić information content (AvgIpc) is 3.25. The largest absolute Gasteiger partial charge is 0.472 e. The van der Waals surface area contributed by atoms with E-state index in [2.05, 4.69) is 98.9 Å². The van der Waals surface area contributed by atoms with Crippen LogP contribution in [0.4, 0.5) is 0 Å². The van der Waals surface area contributed by atoms with Crippen LogP contribution in [-0.2, 0) is 27.9 Å². The van der Waals surface area contributed by atoms with Crippen LogP contribution >= 0.6 is 7.82 Å². The van der Waals surface area contributed by atoms with Crippen molar-refractivity contribution in [3.05, 3.63) is 85.1 Å². The van der Waals surface area contributed by atoms with Crippen molar-refractivity contribution < 1.29 is 37.3 Å². The Labute approximate surface area is 395 Å². The molecule has 0 aromatic heterocycles. The Hall–Kier alpha value is -2.32. The standard InChI is InChI=1S/C55H98NO7P/c1-6-8-10-12-14-16-18-20-22-24-26-27-28-29-30-32-34-36-38-40-42-44-46-48-55(57)63-54(53-62-64(58,59)61-51-49-56(3,4)5)52-60-50-47-45-43-41-39-37-35-33-31-25-23-21-19-17-15-13-11-9-7-2/h8,10,14,16,20,22-23,25-27,29-30,34,36,54H,6-7,9,11-13,15,17-19,21,24,28,31-33,35,37-53H2,1-5H3/p+1/b10-8-,16-14-,22-20-,25-23-,27-26-,30-29-,36-34-. The van der Waals surface area contributed by atoms with Crippen molar-refractivity contribution >= 4 is 13.8 Å². The van der Waals surface area contributed by atoms with Gasteiger partial charge in [-0.25, -0.2) is 4.57 Å². The Morgan fingerprint density at radius 2 is 0.906 bits per heavy atom. The number of hydrogen-bond donors (Lipinski definition) is 1. The summed E-state index contributed by atoms with van der Waals surface area (Å²) in [5.41, 5.74) is 0. The van der Waals surface area contributed by atoms with Gasteiger partial charge >= 0.3 is 13.8 Å². The number of ether oxygens (including phenoxy) is 2. The zero-order chi connectivity index (χ0) is 46.9. The third-order valence-electron chi connectivity index (χ3n) is 10.7. The highest BCUT2D eigenvalue weighted by Gasteiger charge is 2.26. The van der Waals surface area contributed by atoms with Gasteiger partial charge < -0.3 is 18.9 Å². The maximum atomic E-state index is 12.8. The first kappa shape index (κ1) is 61.7. The second kappa shape index (κ2) is 47.2. The van der Waals surface area contributed by atoms with E-state index in [9.17, 15) is 14.3 Å². The number of carbonyl (C=O) groups is 1. The highest BCUT2D eigenvalue weighted by Crippen LogP contribution is 2.43. The summed E-state index contributed by atoms with van der Waals surface area (Å²) in [5.74, 6) is -0.340. The Bertz CT molecular complexity index is 1300. The first-order chi connectivity index (χ1) is 31.1. The van der Waals surface area contributed by atoms with E-state index in [1.807, 2.05) is 21.1 Å². The Morgan fingerprint density at radius 1 is 0.500 bits per heavy atom. The van der Waals surface area contributed by atoms with Crippen LogP contribution in [0.1, 0.15) is 200 Å². The lowest BCUT2D eigenvalue weighted by molar-refractivity contribution is -0.870. The number of esters is 1. The molecule has 370 valence electrons. The number of phosphoric acid groups is 1. The van der Waals surface area contributed by atoms with Crippen LogP contribution in [-0.4, -0.2) is 75.6 Å². The van der Waals surface area contributed by atoms with Crippen molar-refractivity contribution in [1.29, 1.82) is 0 Å². The Balaban J connectivity index is 4.24. The average molecular weight is 917 g/mol. The van der Waals surface area contributed by atoms with Crippen LogP contribution < -0.4 is 0 Å². The minimum atomic E-state index is -4.29. The van der Waals surface area contributed by atoms with Crippen LogP contribution in [0.3, 0.4) is 0 Å². The topological polar surface area (TPSA) is 91.3 Å². The number of hydrogen-bond acceptors (Lipinski definition) is 6. The quantitative estimate of drug-likeness (QED) is 0.0214. The molecule has 2 unspecified atom stereocenters. The molecule has 1 N–H and O–H groups in total. The monoisotopic (exact) mass is 917 g/mol. The second-order valence-electron chi connectivity index (χ2n) is 18.2. The molecule has 0 spiro atoms. The molecule has 0 heterocycles. The molecule has 0 saturated heterocycles. The minimum Gasteiger partial charge on any atom is -0.457 e. The van der Waals surface area contributed by atoms with E-state index < -0.39 is 13.9 Å². The smallest absolute Gasteiger partial charge is 0.457 e. The predicted molar refractivity (Wildman–Crippen MR) is 275 cm³/mol. The van der Waals surface area contributed by atoms with Crippen LogP contribution in [0.15, 0.2) is 85.1 Å². The van der Waals surface area contributed by atoms with Crippen molar-refractivity contribution in [3.63, 3.8) is 0 Å². The molecule has 8 nitrogen and oxygen atoms in total. The molecule has 0 radical (unpaired) electrons. The number of phosphoric ester groups is 1. The van der Waals surface area contributed by atoms with E-state index in [0.717, 1.165) is 83.5 Å². The van der Waals surface area contributed by atoms with Crippen molar-refractivity contribution in [3.8, 4) is 0 Å². The molecule has 0 aromatic carbocycles. The van der Waals surface area contributed by atoms with E-state index in [1.54, 1.807) is 0 Å².